The first-order chi connectivity index (χ1) is 15.5. The highest BCUT2D eigenvalue weighted by Gasteiger charge is 2.30. The third-order valence-corrected chi connectivity index (χ3v) is 6.76. The van der Waals surface area contributed by atoms with Gasteiger partial charge in [-0.05, 0) is 69.9 Å². The van der Waals surface area contributed by atoms with Crippen molar-refractivity contribution in [3.8, 4) is 5.88 Å². The molecule has 2 atom stereocenters. The van der Waals surface area contributed by atoms with Crippen LogP contribution in [0.15, 0.2) is 18.2 Å². The van der Waals surface area contributed by atoms with Gasteiger partial charge in [-0.15, -0.1) is 5.10 Å². The van der Waals surface area contributed by atoms with Gasteiger partial charge < -0.3 is 19.8 Å². The van der Waals surface area contributed by atoms with Crippen molar-refractivity contribution in [1.29, 1.82) is 0 Å². The van der Waals surface area contributed by atoms with E-state index in [-0.39, 0.29) is 0 Å². The van der Waals surface area contributed by atoms with Crippen molar-refractivity contribution in [2.45, 2.75) is 70.8 Å². The zero-order valence-corrected chi connectivity index (χ0v) is 19.0. The summed E-state index contributed by atoms with van der Waals surface area (Å²) >= 11 is 0. The Morgan fingerprint density at radius 2 is 1.75 bits per heavy atom. The van der Waals surface area contributed by atoms with Crippen molar-refractivity contribution in [2.24, 2.45) is 11.8 Å². The molecule has 32 heavy (non-hydrogen) atoms. The number of hydrogen-bond donors (Lipinski definition) is 2. The smallest absolute Gasteiger partial charge is 0.328 e. The van der Waals surface area contributed by atoms with Gasteiger partial charge in [0.2, 0.25) is 5.88 Å². The molecule has 8 heteroatoms. The maximum Gasteiger partial charge on any atom is 0.328 e. The minimum absolute atomic E-state index is 0.558. The van der Waals surface area contributed by atoms with Crippen molar-refractivity contribution in [1.82, 2.24) is 14.7 Å². The van der Waals surface area contributed by atoms with Gasteiger partial charge in [0.15, 0.2) is 0 Å². The van der Waals surface area contributed by atoms with Gasteiger partial charge in [0, 0.05) is 37.0 Å². The third-order valence-electron chi connectivity index (χ3n) is 6.76. The number of unbranched alkanes of at least 4 members (excludes halogenated alkanes) is 1. The number of carboxylic acids is 2. The molecule has 1 aromatic heterocycles. The fourth-order valence-electron chi connectivity index (χ4n) is 5.10. The molecule has 1 saturated heterocycles. The van der Waals surface area contributed by atoms with Crippen LogP contribution in [0.25, 0.3) is 0 Å². The number of likely N-dealkylation sites (tertiary alicyclic amines) is 1. The van der Waals surface area contributed by atoms with Crippen LogP contribution < -0.4 is 4.74 Å². The second-order valence-electron chi connectivity index (χ2n) is 9.11. The molecule has 8 nitrogen and oxygen atoms in total. The number of carbonyl (C=O) groups is 2. The van der Waals surface area contributed by atoms with Crippen LogP contribution in [0.2, 0.25) is 0 Å². The van der Waals surface area contributed by atoms with E-state index in [0.29, 0.717) is 12.2 Å². The van der Waals surface area contributed by atoms with Gasteiger partial charge in [-0.3, -0.25) is 4.68 Å². The standard InChI is InChI=1S/C20H33N3O.C4H4O4/c1-2-8-18-16-22(13-10-17(18)7-1)11-5-6-14-24-20-15-19-9-3-4-12-23(19)21-20;5-3(6)1-2-4(7)8/h15,17-18H,1-14,16H2;1-2H,(H,5,6)(H,7,8)/b;2-1-. The molecular weight excluding hydrogens is 410 g/mol. The van der Waals surface area contributed by atoms with Gasteiger partial charge in [0.1, 0.15) is 0 Å². The second-order valence-corrected chi connectivity index (χ2v) is 9.11. The lowest BCUT2D eigenvalue weighted by molar-refractivity contribution is -0.134. The van der Waals surface area contributed by atoms with E-state index >= 15 is 0 Å². The third kappa shape index (κ3) is 7.97. The highest BCUT2D eigenvalue weighted by Crippen LogP contribution is 2.36. The molecule has 2 unspecified atom stereocenters. The van der Waals surface area contributed by atoms with Crippen LogP contribution in [-0.2, 0) is 22.6 Å². The lowest BCUT2D eigenvalue weighted by Crippen LogP contribution is -2.42. The Hall–Kier alpha value is -2.35. The average molecular weight is 448 g/mol. The minimum Gasteiger partial charge on any atom is -0.478 e. The van der Waals surface area contributed by atoms with E-state index in [1.807, 2.05) is 0 Å². The Balaban J connectivity index is 0.000000312. The topological polar surface area (TPSA) is 105 Å². The van der Waals surface area contributed by atoms with Gasteiger partial charge >= 0.3 is 11.9 Å². The molecule has 1 saturated carbocycles. The molecule has 3 aliphatic rings. The Kier molecular flexibility index (Phi) is 9.59. The summed E-state index contributed by atoms with van der Waals surface area (Å²) in [4.78, 5) is 21.8. The first-order valence-corrected chi connectivity index (χ1v) is 12.1. The number of aliphatic carboxylic acids is 2. The van der Waals surface area contributed by atoms with Crippen LogP contribution in [0.5, 0.6) is 5.88 Å². The lowest BCUT2D eigenvalue weighted by atomic mass is 9.75. The molecule has 3 heterocycles. The van der Waals surface area contributed by atoms with Crippen molar-refractivity contribution < 1.29 is 24.5 Å². The largest absolute Gasteiger partial charge is 0.478 e. The van der Waals surface area contributed by atoms with E-state index in [9.17, 15) is 9.59 Å². The molecule has 2 fully saturated rings. The summed E-state index contributed by atoms with van der Waals surface area (Å²) < 4.78 is 8.02. The van der Waals surface area contributed by atoms with Gasteiger partial charge in [0.25, 0.3) is 0 Å². The van der Waals surface area contributed by atoms with Crippen LogP contribution in [0.3, 0.4) is 0 Å². The highest BCUT2D eigenvalue weighted by atomic mass is 16.5. The van der Waals surface area contributed by atoms with Crippen molar-refractivity contribution in [3.63, 3.8) is 0 Å². The minimum atomic E-state index is -1.26. The molecule has 178 valence electrons. The number of fused-ring (bicyclic) bond motifs is 2. The van der Waals surface area contributed by atoms with E-state index in [2.05, 4.69) is 20.7 Å². The molecule has 0 bridgehead atoms. The van der Waals surface area contributed by atoms with Gasteiger partial charge in [-0.1, -0.05) is 19.3 Å². The summed E-state index contributed by atoms with van der Waals surface area (Å²) in [7, 11) is 0. The summed E-state index contributed by atoms with van der Waals surface area (Å²) in [5.41, 5.74) is 1.35. The Labute approximate surface area is 190 Å². The maximum absolute atomic E-state index is 9.55. The number of aryl methyl sites for hydroxylation is 2. The number of aromatic nitrogens is 2. The molecular formula is C24H37N3O5. The van der Waals surface area contributed by atoms with Crippen molar-refractivity contribution in [2.75, 3.05) is 26.2 Å². The molecule has 0 radical (unpaired) electrons. The molecule has 1 aliphatic carbocycles. The predicted molar refractivity (Wildman–Crippen MR) is 121 cm³/mol. The Bertz CT molecular complexity index is 736. The van der Waals surface area contributed by atoms with Crippen molar-refractivity contribution >= 4 is 11.9 Å². The molecule has 2 aliphatic heterocycles. The van der Waals surface area contributed by atoms with Gasteiger partial charge in [0.05, 0.1) is 6.61 Å². The number of piperidine rings is 1. The summed E-state index contributed by atoms with van der Waals surface area (Å²) in [6, 6.07) is 2.15. The van der Waals surface area contributed by atoms with E-state index < -0.39 is 11.9 Å². The number of ether oxygens (including phenoxy) is 1. The fourth-order valence-corrected chi connectivity index (χ4v) is 5.10. The monoisotopic (exact) mass is 447 g/mol. The first kappa shape index (κ1) is 24.3. The molecule has 0 spiro atoms. The highest BCUT2D eigenvalue weighted by molar-refractivity contribution is 5.89. The number of carboxylic acid groups (broad SMARTS) is 2. The average Bonchev–Trinajstić information content (AvgIpc) is 3.21. The van der Waals surface area contributed by atoms with Crippen LogP contribution in [0.4, 0.5) is 0 Å². The Morgan fingerprint density at radius 3 is 2.47 bits per heavy atom. The normalized spacial score (nSPS) is 23.0. The van der Waals surface area contributed by atoms with E-state index in [1.54, 1.807) is 0 Å². The fraction of sp³-hybridized carbons (Fsp3) is 0.708. The number of hydrogen-bond acceptors (Lipinski definition) is 5. The first-order valence-electron chi connectivity index (χ1n) is 12.1. The van der Waals surface area contributed by atoms with E-state index in [1.165, 1.54) is 76.7 Å². The summed E-state index contributed by atoms with van der Waals surface area (Å²) in [6.07, 6.45) is 14.6. The van der Waals surface area contributed by atoms with Gasteiger partial charge in [-0.2, -0.15) is 0 Å². The van der Waals surface area contributed by atoms with Crippen LogP contribution in [0, 0.1) is 11.8 Å². The maximum atomic E-state index is 9.55. The van der Waals surface area contributed by atoms with Crippen LogP contribution in [0.1, 0.15) is 63.5 Å². The summed E-state index contributed by atoms with van der Waals surface area (Å²) in [6.45, 7) is 5.83. The van der Waals surface area contributed by atoms with E-state index in [4.69, 9.17) is 14.9 Å². The summed E-state index contributed by atoms with van der Waals surface area (Å²) in [5, 5.41) is 20.2. The quantitative estimate of drug-likeness (QED) is 0.463. The zero-order valence-electron chi connectivity index (χ0n) is 19.0. The second kappa shape index (κ2) is 12.6. The number of nitrogens with zero attached hydrogens (tertiary/aromatic N) is 3. The number of rotatable bonds is 8. The Morgan fingerprint density at radius 1 is 1.00 bits per heavy atom. The van der Waals surface area contributed by atoms with Crippen LogP contribution >= 0.6 is 0 Å². The van der Waals surface area contributed by atoms with Gasteiger partial charge in [-0.25, -0.2) is 9.59 Å². The molecule has 4 rings (SSSR count). The van der Waals surface area contributed by atoms with Crippen LogP contribution in [-0.4, -0.2) is 63.1 Å². The molecule has 0 aromatic carbocycles. The molecule has 2 N–H and O–H groups in total. The van der Waals surface area contributed by atoms with Crippen molar-refractivity contribution in [3.05, 3.63) is 23.9 Å². The molecule has 1 aromatic rings. The zero-order chi connectivity index (χ0) is 22.8. The predicted octanol–water partition coefficient (Wildman–Crippen LogP) is 3.60. The lowest BCUT2D eigenvalue weighted by Gasteiger charge is -2.41. The summed E-state index contributed by atoms with van der Waals surface area (Å²) in [5.74, 6) is 0.376. The van der Waals surface area contributed by atoms with E-state index in [0.717, 1.165) is 43.7 Å². The molecule has 0 amide bonds. The SMILES string of the molecule is O=C(O)/C=C\C(=O)O.c1c(OCCCCN2CCC3CCCCC3C2)nn2c1CCCC2.